The normalized spacial score (nSPS) is 27.6. The number of nitrogens with one attached hydrogen (secondary N) is 1. The minimum absolute atomic E-state index is 0.122. The molecule has 2 aliphatic rings. The lowest BCUT2D eigenvalue weighted by molar-refractivity contribution is -0.149. The third-order valence-corrected chi connectivity index (χ3v) is 4.47. The topological polar surface area (TPSA) is 58.6 Å². The van der Waals surface area contributed by atoms with Gasteiger partial charge in [0.25, 0.3) is 0 Å². The quantitative estimate of drug-likeness (QED) is 0.790. The number of piperidine rings is 1. The zero-order valence-electron chi connectivity index (χ0n) is 12.6. The summed E-state index contributed by atoms with van der Waals surface area (Å²) in [5, 5.41) is 3.63. The Balaban J connectivity index is 1.98. The summed E-state index contributed by atoms with van der Waals surface area (Å²) in [6, 6.07) is 0.765. The maximum Gasteiger partial charge on any atom is 0.310 e. The fraction of sp³-hybridized carbons (Fsp3) is 0.867. The van der Waals surface area contributed by atoms with Crippen molar-refractivity contribution in [1.82, 2.24) is 10.2 Å². The molecule has 2 fully saturated rings. The molecule has 2 atom stereocenters. The minimum Gasteiger partial charge on any atom is -0.469 e. The second-order valence-electron chi connectivity index (χ2n) is 5.95. The van der Waals surface area contributed by atoms with E-state index in [9.17, 15) is 9.59 Å². The summed E-state index contributed by atoms with van der Waals surface area (Å²) >= 11 is 0. The van der Waals surface area contributed by atoms with Crippen molar-refractivity contribution < 1.29 is 14.3 Å². The number of likely N-dealkylation sites (tertiary alicyclic amines) is 1. The van der Waals surface area contributed by atoms with Crippen LogP contribution in [0.5, 0.6) is 0 Å². The third kappa shape index (κ3) is 3.72. The highest BCUT2D eigenvalue weighted by Gasteiger charge is 2.34. The average molecular weight is 282 g/mol. The average Bonchev–Trinajstić information content (AvgIpc) is 2.98. The van der Waals surface area contributed by atoms with Gasteiger partial charge in [-0.1, -0.05) is 19.8 Å². The lowest BCUT2D eigenvalue weighted by Gasteiger charge is -2.38. The number of hydrogen-bond donors (Lipinski definition) is 1. The Morgan fingerprint density at radius 3 is 2.50 bits per heavy atom. The Labute approximate surface area is 121 Å². The van der Waals surface area contributed by atoms with Crippen molar-refractivity contribution in [3.05, 3.63) is 0 Å². The van der Waals surface area contributed by atoms with E-state index in [2.05, 4.69) is 5.32 Å². The van der Waals surface area contributed by atoms with Gasteiger partial charge >= 0.3 is 5.97 Å². The molecular formula is C15H26N2O3. The van der Waals surface area contributed by atoms with Crippen molar-refractivity contribution >= 4 is 11.9 Å². The molecule has 1 aliphatic carbocycles. The molecule has 1 aliphatic heterocycles. The summed E-state index contributed by atoms with van der Waals surface area (Å²) < 4.78 is 4.87. The van der Waals surface area contributed by atoms with Gasteiger partial charge in [-0.3, -0.25) is 9.59 Å². The molecule has 5 heteroatoms. The second kappa shape index (κ2) is 7.07. The van der Waals surface area contributed by atoms with Crippen LogP contribution in [0.4, 0.5) is 0 Å². The number of hydrogen-bond acceptors (Lipinski definition) is 4. The fourth-order valence-electron chi connectivity index (χ4n) is 3.41. The second-order valence-corrected chi connectivity index (χ2v) is 5.95. The van der Waals surface area contributed by atoms with Crippen molar-refractivity contribution in [1.29, 1.82) is 0 Å². The van der Waals surface area contributed by atoms with Crippen LogP contribution >= 0.6 is 0 Å². The van der Waals surface area contributed by atoms with Crippen LogP contribution in [0.1, 0.15) is 45.4 Å². The molecule has 0 aromatic rings. The van der Waals surface area contributed by atoms with Crippen LogP contribution in [0.25, 0.3) is 0 Å². The molecular weight excluding hydrogens is 256 g/mol. The number of carbonyl (C=O) groups excluding carboxylic acids is 2. The van der Waals surface area contributed by atoms with Crippen LogP contribution in [-0.4, -0.2) is 49.1 Å². The van der Waals surface area contributed by atoms with Crippen LogP contribution in [0.2, 0.25) is 0 Å². The molecule has 1 saturated heterocycles. The Bertz CT molecular complexity index is 329. The summed E-state index contributed by atoms with van der Waals surface area (Å²) in [5.74, 6) is -0.267. The number of esters is 1. The highest BCUT2D eigenvalue weighted by molar-refractivity contribution is 5.78. The molecule has 0 aromatic heterocycles. The standard InChI is InChI=1S/C15H26N2O3/c1-3-14(18)17-9-11(15(19)20-2)8-13(10-17)16-12-6-4-5-7-12/h11-13,16H,3-10H2,1-2H3. The Morgan fingerprint density at radius 2 is 1.90 bits per heavy atom. The molecule has 1 saturated carbocycles. The lowest BCUT2D eigenvalue weighted by Crippen LogP contribution is -2.54. The molecule has 0 spiro atoms. The summed E-state index contributed by atoms with van der Waals surface area (Å²) in [5.41, 5.74) is 0. The molecule has 114 valence electrons. The van der Waals surface area contributed by atoms with Crippen molar-refractivity contribution in [2.45, 2.75) is 57.5 Å². The van der Waals surface area contributed by atoms with Crippen LogP contribution in [0, 0.1) is 5.92 Å². The highest BCUT2D eigenvalue weighted by atomic mass is 16.5. The van der Waals surface area contributed by atoms with E-state index in [-0.39, 0.29) is 23.8 Å². The molecule has 20 heavy (non-hydrogen) atoms. The Hall–Kier alpha value is -1.10. The first-order chi connectivity index (χ1) is 9.63. The van der Waals surface area contributed by atoms with E-state index in [0.717, 1.165) is 13.0 Å². The first-order valence-electron chi connectivity index (χ1n) is 7.75. The van der Waals surface area contributed by atoms with Crippen molar-refractivity contribution in [2.24, 2.45) is 5.92 Å². The van der Waals surface area contributed by atoms with Crippen molar-refractivity contribution in [3.63, 3.8) is 0 Å². The maximum absolute atomic E-state index is 12.0. The number of nitrogens with zero attached hydrogens (tertiary/aromatic N) is 1. The van der Waals surface area contributed by atoms with E-state index in [0.29, 0.717) is 19.0 Å². The summed E-state index contributed by atoms with van der Waals surface area (Å²) in [4.78, 5) is 25.6. The van der Waals surface area contributed by atoms with Gasteiger partial charge in [-0.2, -0.15) is 0 Å². The third-order valence-electron chi connectivity index (χ3n) is 4.47. The number of methoxy groups -OCH3 is 1. The van der Waals surface area contributed by atoms with Crippen LogP contribution < -0.4 is 5.32 Å². The lowest BCUT2D eigenvalue weighted by atomic mass is 9.93. The molecule has 2 rings (SSSR count). The number of amides is 1. The zero-order valence-corrected chi connectivity index (χ0v) is 12.6. The van der Waals surface area contributed by atoms with Gasteiger partial charge in [-0.15, -0.1) is 0 Å². The van der Waals surface area contributed by atoms with E-state index >= 15 is 0 Å². The maximum atomic E-state index is 12.0. The smallest absolute Gasteiger partial charge is 0.310 e. The number of carbonyl (C=O) groups is 2. The predicted octanol–water partition coefficient (Wildman–Crippen LogP) is 1.32. The highest BCUT2D eigenvalue weighted by Crippen LogP contribution is 2.23. The summed E-state index contributed by atoms with van der Waals surface area (Å²) in [6.45, 7) is 3.09. The van der Waals surface area contributed by atoms with Gasteiger partial charge < -0.3 is 15.0 Å². The van der Waals surface area contributed by atoms with Gasteiger partial charge in [-0.25, -0.2) is 0 Å². The zero-order chi connectivity index (χ0) is 14.5. The molecule has 1 amide bonds. The van der Waals surface area contributed by atoms with Crippen molar-refractivity contribution in [3.8, 4) is 0 Å². The minimum atomic E-state index is -0.197. The van der Waals surface area contributed by atoms with Crippen LogP contribution in [-0.2, 0) is 14.3 Å². The van der Waals surface area contributed by atoms with Gasteiger partial charge in [-0.05, 0) is 19.3 Å². The fourth-order valence-corrected chi connectivity index (χ4v) is 3.41. The molecule has 2 unspecified atom stereocenters. The Morgan fingerprint density at radius 1 is 1.20 bits per heavy atom. The number of ether oxygens (including phenoxy) is 1. The van der Waals surface area contributed by atoms with Gasteiger partial charge in [0.2, 0.25) is 5.91 Å². The van der Waals surface area contributed by atoms with Gasteiger partial charge in [0.15, 0.2) is 0 Å². The van der Waals surface area contributed by atoms with E-state index in [1.807, 2.05) is 11.8 Å². The van der Waals surface area contributed by atoms with Crippen LogP contribution in [0.15, 0.2) is 0 Å². The molecule has 5 nitrogen and oxygen atoms in total. The largest absolute Gasteiger partial charge is 0.469 e. The molecule has 0 radical (unpaired) electrons. The van der Waals surface area contributed by atoms with Gasteiger partial charge in [0.1, 0.15) is 0 Å². The first kappa shape index (κ1) is 15.3. The van der Waals surface area contributed by atoms with Gasteiger partial charge in [0.05, 0.1) is 13.0 Å². The van der Waals surface area contributed by atoms with E-state index < -0.39 is 0 Å². The van der Waals surface area contributed by atoms with E-state index in [4.69, 9.17) is 4.74 Å². The van der Waals surface area contributed by atoms with Gasteiger partial charge in [0, 0.05) is 31.6 Å². The van der Waals surface area contributed by atoms with E-state index in [1.54, 1.807) is 0 Å². The van der Waals surface area contributed by atoms with Crippen molar-refractivity contribution in [2.75, 3.05) is 20.2 Å². The number of rotatable bonds is 4. The van der Waals surface area contributed by atoms with Crippen LogP contribution in [0.3, 0.4) is 0 Å². The summed E-state index contributed by atoms with van der Waals surface area (Å²) in [6.07, 6.45) is 6.24. The van der Waals surface area contributed by atoms with E-state index in [1.165, 1.54) is 32.8 Å². The molecule has 1 heterocycles. The summed E-state index contributed by atoms with van der Waals surface area (Å²) in [7, 11) is 1.42. The monoisotopic (exact) mass is 282 g/mol. The molecule has 0 aromatic carbocycles. The Kier molecular flexibility index (Phi) is 5.40. The predicted molar refractivity (Wildman–Crippen MR) is 76.2 cm³/mol. The molecule has 1 N–H and O–H groups in total. The first-order valence-corrected chi connectivity index (χ1v) is 7.75. The molecule has 0 bridgehead atoms. The SMILES string of the molecule is CCC(=O)N1CC(NC2CCCC2)CC(C(=O)OC)C1.